The summed E-state index contributed by atoms with van der Waals surface area (Å²) >= 11 is 0. The minimum Gasteiger partial charge on any atom is -0.454 e. The fourth-order valence-corrected chi connectivity index (χ4v) is 4.14. The van der Waals surface area contributed by atoms with Crippen LogP contribution in [0.5, 0.6) is 11.5 Å². The number of hydrogen-bond acceptors (Lipinski definition) is 6. The molecule has 4 heterocycles. The molecule has 5 rings (SSSR count). The number of nitrogens with one attached hydrogen (secondary N) is 2. The molecular formula is C20H21F3N4O4. The van der Waals surface area contributed by atoms with Gasteiger partial charge in [-0.05, 0) is 30.5 Å². The Bertz CT molecular complexity index is 987. The zero-order chi connectivity index (χ0) is 21.6. The highest BCUT2D eigenvalue weighted by Crippen LogP contribution is 2.45. The molecule has 3 aliphatic heterocycles. The molecule has 1 aromatic carbocycles. The number of carbonyl (C=O) groups excluding carboxylic acids is 1. The third-order valence-corrected chi connectivity index (χ3v) is 5.74. The SMILES string of the molecule is O=C(NCC1CCCO1)c1cc2n(n1)C(C(F)(F)F)CC(c1ccc3c(c1)OCO3)N2. The fraction of sp³-hybridized carbons (Fsp3) is 0.500. The molecule has 3 aliphatic rings. The van der Waals surface area contributed by atoms with Crippen LogP contribution in [0.15, 0.2) is 24.3 Å². The van der Waals surface area contributed by atoms with E-state index in [4.69, 9.17) is 14.2 Å². The van der Waals surface area contributed by atoms with Crippen molar-refractivity contribution >= 4 is 11.7 Å². The molecule has 166 valence electrons. The number of nitrogens with zero attached hydrogens (tertiary/aromatic N) is 2. The van der Waals surface area contributed by atoms with Gasteiger partial charge < -0.3 is 24.8 Å². The summed E-state index contributed by atoms with van der Waals surface area (Å²) in [5, 5.41) is 9.74. The van der Waals surface area contributed by atoms with Crippen LogP contribution in [0.25, 0.3) is 0 Å². The quantitative estimate of drug-likeness (QED) is 0.763. The molecule has 1 saturated heterocycles. The summed E-state index contributed by atoms with van der Waals surface area (Å²) in [5.41, 5.74) is 0.566. The predicted octanol–water partition coefficient (Wildman–Crippen LogP) is 3.18. The van der Waals surface area contributed by atoms with Crippen molar-refractivity contribution in [1.82, 2.24) is 15.1 Å². The molecule has 0 saturated carbocycles. The van der Waals surface area contributed by atoms with Crippen molar-refractivity contribution < 1.29 is 32.2 Å². The van der Waals surface area contributed by atoms with Gasteiger partial charge in [-0.3, -0.25) is 4.79 Å². The topological polar surface area (TPSA) is 86.6 Å². The first-order valence-electron chi connectivity index (χ1n) is 10.1. The Morgan fingerprint density at radius 1 is 1.26 bits per heavy atom. The van der Waals surface area contributed by atoms with E-state index in [-0.39, 0.29) is 30.8 Å². The number of hydrogen-bond donors (Lipinski definition) is 2. The summed E-state index contributed by atoms with van der Waals surface area (Å²) < 4.78 is 58.4. The standard InChI is InChI=1S/C20H21F3N4O4/c21-20(22,23)17-7-13(11-3-4-15-16(6-11)31-10-30-15)25-18-8-14(26-27(17)18)19(28)24-9-12-2-1-5-29-12/h3-4,6,8,12-13,17,25H,1-2,5,7,9-10H2,(H,24,28). The third kappa shape index (κ3) is 3.89. The van der Waals surface area contributed by atoms with Gasteiger partial charge in [0, 0.05) is 25.6 Å². The number of halogens is 3. The lowest BCUT2D eigenvalue weighted by molar-refractivity contribution is -0.173. The van der Waals surface area contributed by atoms with Crippen molar-refractivity contribution in [1.29, 1.82) is 0 Å². The molecule has 31 heavy (non-hydrogen) atoms. The van der Waals surface area contributed by atoms with Gasteiger partial charge in [0.15, 0.2) is 23.2 Å². The molecule has 0 bridgehead atoms. The first-order valence-corrected chi connectivity index (χ1v) is 10.1. The third-order valence-electron chi connectivity index (χ3n) is 5.74. The Balaban J connectivity index is 1.39. The van der Waals surface area contributed by atoms with Crippen LogP contribution in [-0.4, -0.2) is 47.9 Å². The van der Waals surface area contributed by atoms with Crippen molar-refractivity contribution in [2.45, 2.75) is 43.6 Å². The number of aromatic nitrogens is 2. The molecular weight excluding hydrogens is 417 g/mol. The van der Waals surface area contributed by atoms with Gasteiger partial charge in [0.25, 0.3) is 5.91 Å². The molecule has 1 aromatic heterocycles. The molecule has 11 heteroatoms. The largest absolute Gasteiger partial charge is 0.454 e. The smallest absolute Gasteiger partial charge is 0.410 e. The lowest BCUT2D eigenvalue weighted by Gasteiger charge is -2.33. The zero-order valence-electron chi connectivity index (χ0n) is 16.4. The number of alkyl halides is 3. The van der Waals surface area contributed by atoms with Crippen LogP contribution in [0, 0.1) is 0 Å². The molecule has 8 nitrogen and oxygen atoms in total. The number of benzene rings is 1. The van der Waals surface area contributed by atoms with Gasteiger partial charge >= 0.3 is 6.18 Å². The van der Waals surface area contributed by atoms with E-state index >= 15 is 0 Å². The monoisotopic (exact) mass is 438 g/mol. The number of rotatable bonds is 4. The van der Waals surface area contributed by atoms with Crippen molar-refractivity contribution in [2.24, 2.45) is 0 Å². The Hall–Kier alpha value is -2.95. The Morgan fingerprint density at radius 3 is 2.87 bits per heavy atom. The van der Waals surface area contributed by atoms with Gasteiger partial charge in [-0.2, -0.15) is 18.3 Å². The average Bonchev–Trinajstić information content (AvgIpc) is 3.50. The van der Waals surface area contributed by atoms with E-state index in [0.29, 0.717) is 30.2 Å². The number of anilines is 1. The van der Waals surface area contributed by atoms with E-state index in [1.54, 1.807) is 18.2 Å². The van der Waals surface area contributed by atoms with E-state index in [9.17, 15) is 18.0 Å². The van der Waals surface area contributed by atoms with Gasteiger partial charge in [-0.25, -0.2) is 4.68 Å². The highest BCUT2D eigenvalue weighted by atomic mass is 19.4. The molecule has 3 atom stereocenters. The molecule has 0 aliphatic carbocycles. The molecule has 0 spiro atoms. The number of amides is 1. The average molecular weight is 438 g/mol. The second kappa shape index (κ2) is 7.63. The van der Waals surface area contributed by atoms with Gasteiger partial charge in [-0.15, -0.1) is 0 Å². The van der Waals surface area contributed by atoms with E-state index in [0.717, 1.165) is 17.5 Å². The number of ether oxygens (including phenoxy) is 3. The minimum absolute atomic E-state index is 0.0684. The molecule has 1 fully saturated rings. The summed E-state index contributed by atoms with van der Waals surface area (Å²) in [5.74, 6) is 0.663. The predicted molar refractivity (Wildman–Crippen MR) is 102 cm³/mol. The second-order valence-corrected chi connectivity index (χ2v) is 7.81. The maximum Gasteiger partial charge on any atom is 0.410 e. The highest BCUT2D eigenvalue weighted by molar-refractivity contribution is 5.93. The normalized spacial score (nSPS) is 24.5. The van der Waals surface area contributed by atoms with Gasteiger partial charge in [0.05, 0.1) is 12.1 Å². The van der Waals surface area contributed by atoms with Crippen LogP contribution in [0.3, 0.4) is 0 Å². The van der Waals surface area contributed by atoms with E-state index in [1.807, 2.05) is 0 Å². The summed E-state index contributed by atoms with van der Waals surface area (Å²) in [4.78, 5) is 12.5. The van der Waals surface area contributed by atoms with E-state index < -0.39 is 24.2 Å². The van der Waals surface area contributed by atoms with Crippen molar-refractivity contribution in [3.8, 4) is 11.5 Å². The van der Waals surface area contributed by atoms with Crippen LogP contribution in [0.1, 0.15) is 47.4 Å². The first-order chi connectivity index (χ1) is 14.9. The summed E-state index contributed by atoms with van der Waals surface area (Å²) in [6, 6.07) is 3.92. The fourth-order valence-electron chi connectivity index (χ4n) is 4.14. The van der Waals surface area contributed by atoms with Crippen LogP contribution in [-0.2, 0) is 4.74 Å². The van der Waals surface area contributed by atoms with Crippen LogP contribution in [0.4, 0.5) is 19.0 Å². The summed E-state index contributed by atoms with van der Waals surface area (Å²) in [6.45, 7) is 1.04. The van der Waals surface area contributed by atoms with E-state index in [1.165, 1.54) is 6.07 Å². The van der Waals surface area contributed by atoms with Crippen LogP contribution < -0.4 is 20.1 Å². The van der Waals surface area contributed by atoms with Gasteiger partial charge in [-0.1, -0.05) is 6.07 Å². The molecule has 3 unspecified atom stereocenters. The Morgan fingerprint density at radius 2 is 2.10 bits per heavy atom. The Labute approximate surface area is 175 Å². The molecule has 2 N–H and O–H groups in total. The molecule has 2 aromatic rings. The van der Waals surface area contributed by atoms with Gasteiger partial charge in [0.1, 0.15) is 5.82 Å². The van der Waals surface area contributed by atoms with Crippen LogP contribution >= 0.6 is 0 Å². The highest BCUT2D eigenvalue weighted by Gasteiger charge is 2.47. The number of fused-ring (bicyclic) bond motifs is 2. The first kappa shape index (κ1) is 20.0. The van der Waals surface area contributed by atoms with Gasteiger partial charge in [0.2, 0.25) is 6.79 Å². The van der Waals surface area contributed by atoms with Crippen molar-refractivity contribution in [3.05, 3.63) is 35.5 Å². The maximum atomic E-state index is 13.8. The lowest BCUT2D eigenvalue weighted by Crippen LogP contribution is -2.36. The number of carbonyl (C=O) groups is 1. The summed E-state index contributed by atoms with van der Waals surface area (Å²) in [6.07, 6.45) is -3.10. The lowest BCUT2D eigenvalue weighted by atomic mass is 9.96. The summed E-state index contributed by atoms with van der Waals surface area (Å²) in [7, 11) is 0. The van der Waals surface area contributed by atoms with E-state index in [2.05, 4.69) is 15.7 Å². The van der Waals surface area contributed by atoms with Crippen LogP contribution in [0.2, 0.25) is 0 Å². The zero-order valence-corrected chi connectivity index (χ0v) is 16.4. The minimum atomic E-state index is -4.52. The molecule has 1 amide bonds. The molecule has 0 radical (unpaired) electrons. The Kier molecular flexibility index (Phi) is 4.92. The maximum absolute atomic E-state index is 13.8. The second-order valence-electron chi connectivity index (χ2n) is 7.81. The van der Waals surface area contributed by atoms with Crippen molar-refractivity contribution in [3.63, 3.8) is 0 Å². The van der Waals surface area contributed by atoms with Crippen molar-refractivity contribution in [2.75, 3.05) is 25.3 Å².